The van der Waals surface area contributed by atoms with Crippen LogP contribution in [0.5, 0.6) is 5.75 Å². The second kappa shape index (κ2) is 5.53. The van der Waals surface area contributed by atoms with Crippen molar-refractivity contribution in [2.45, 2.75) is 6.92 Å². The van der Waals surface area contributed by atoms with Gasteiger partial charge in [0.1, 0.15) is 11.3 Å². The summed E-state index contributed by atoms with van der Waals surface area (Å²) in [6.07, 6.45) is 1.42. The van der Waals surface area contributed by atoms with Crippen LogP contribution < -0.4 is 5.32 Å². The second-order valence-corrected chi connectivity index (χ2v) is 5.29. The molecule has 0 saturated carbocycles. The number of aromatic amines is 1. The van der Waals surface area contributed by atoms with Crippen molar-refractivity contribution in [3.63, 3.8) is 0 Å². The summed E-state index contributed by atoms with van der Waals surface area (Å²) >= 11 is 1.94. The van der Waals surface area contributed by atoms with Crippen LogP contribution in [0.3, 0.4) is 0 Å². The van der Waals surface area contributed by atoms with E-state index in [1.54, 1.807) is 19.1 Å². The molecule has 0 aliphatic heterocycles. The number of aromatic hydroxyl groups is 1. The van der Waals surface area contributed by atoms with Crippen LogP contribution in [0.2, 0.25) is 0 Å². The number of phenolic OH excluding ortho intramolecular Hbond substituents is 1. The molecule has 0 bridgehead atoms. The van der Waals surface area contributed by atoms with Gasteiger partial charge in [-0.2, -0.15) is 0 Å². The Morgan fingerprint density at radius 2 is 2.05 bits per heavy atom. The molecule has 0 saturated heterocycles. The summed E-state index contributed by atoms with van der Waals surface area (Å²) < 4.78 is 0.628. The van der Waals surface area contributed by atoms with Crippen LogP contribution >= 0.6 is 22.6 Å². The average molecular weight is 386 g/mol. The van der Waals surface area contributed by atoms with Crippen LogP contribution in [-0.2, 0) is 0 Å². The van der Waals surface area contributed by atoms with Crippen molar-refractivity contribution in [2.75, 3.05) is 5.32 Å². The number of aromatic nitrogens is 1. The van der Waals surface area contributed by atoms with E-state index in [0.717, 1.165) is 0 Å². The minimum atomic E-state index is -1.12. The number of benzene rings is 1. The lowest BCUT2D eigenvalue weighted by atomic mass is 10.2. The number of phenols is 1. The van der Waals surface area contributed by atoms with E-state index >= 15 is 0 Å². The molecule has 0 aliphatic rings. The van der Waals surface area contributed by atoms with Gasteiger partial charge < -0.3 is 20.5 Å². The maximum absolute atomic E-state index is 12.0. The molecule has 1 aromatic carbocycles. The molecule has 1 amide bonds. The number of nitrogens with one attached hydrogen (secondary N) is 2. The van der Waals surface area contributed by atoms with Gasteiger partial charge in [0.15, 0.2) is 0 Å². The van der Waals surface area contributed by atoms with Gasteiger partial charge in [-0.25, -0.2) is 4.79 Å². The minimum absolute atomic E-state index is 0.00181. The quantitative estimate of drug-likeness (QED) is 0.609. The zero-order valence-corrected chi connectivity index (χ0v) is 12.6. The SMILES string of the molecule is Cc1[nH]cc(NC(=O)c2ccc(I)c(O)c2)c1C(=O)O. The number of hydrogen-bond acceptors (Lipinski definition) is 3. The summed E-state index contributed by atoms with van der Waals surface area (Å²) in [5.74, 6) is -1.61. The zero-order chi connectivity index (χ0) is 14.9. The summed E-state index contributed by atoms with van der Waals surface area (Å²) in [5.41, 5.74) is 0.919. The van der Waals surface area contributed by atoms with Crippen molar-refractivity contribution in [2.24, 2.45) is 0 Å². The Kier molecular flexibility index (Phi) is 3.98. The fraction of sp³-hybridized carbons (Fsp3) is 0.0769. The predicted molar refractivity (Wildman–Crippen MR) is 81.3 cm³/mol. The Labute approximate surface area is 128 Å². The third kappa shape index (κ3) is 2.77. The smallest absolute Gasteiger partial charge is 0.339 e. The van der Waals surface area contributed by atoms with Gasteiger partial charge in [-0.15, -0.1) is 0 Å². The summed E-state index contributed by atoms with van der Waals surface area (Å²) in [4.78, 5) is 25.9. The van der Waals surface area contributed by atoms with Gasteiger partial charge in [-0.05, 0) is 47.7 Å². The first-order valence-electron chi connectivity index (χ1n) is 5.61. The molecule has 1 heterocycles. The molecule has 0 aliphatic carbocycles. The first-order chi connectivity index (χ1) is 9.40. The topological polar surface area (TPSA) is 102 Å². The van der Waals surface area contributed by atoms with E-state index < -0.39 is 11.9 Å². The second-order valence-electron chi connectivity index (χ2n) is 4.13. The Bertz CT molecular complexity index is 694. The summed E-state index contributed by atoms with van der Waals surface area (Å²) in [6.45, 7) is 1.61. The molecule has 4 N–H and O–H groups in total. The summed E-state index contributed by atoms with van der Waals surface area (Å²) in [7, 11) is 0. The van der Waals surface area contributed by atoms with Crippen LogP contribution in [-0.4, -0.2) is 27.1 Å². The van der Waals surface area contributed by atoms with Crippen LogP contribution in [0.25, 0.3) is 0 Å². The number of carboxylic acid groups (broad SMARTS) is 1. The van der Waals surface area contributed by atoms with E-state index in [9.17, 15) is 14.7 Å². The number of aryl methyl sites for hydroxylation is 1. The Morgan fingerprint density at radius 1 is 1.35 bits per heavy atom. The highest BCUT2D eigenvalue weighted by Crippen LogP contribution is 2.23. The Morgan fingerprint density at radius 3 is 2.65 bits per heavy atom. The third-order valence-corrected chi connectivity index (χ3v) is 3.66. The van der Waals surface area contributed by atoms with E-state index in [-0.39, 0.29) is 22.6 Å². The number of aromatic carboxylic acids is 1. The predicted octanol–water partition coefficient (Wildman–Crippen LogP) is 2.58. The maximum atomic E-state index is 12.0. The van der Waals surface area contributed by atoms with Crippen molar-refractivity contribution >= 4 is 40.2 Å². The van der Waals surface area contributed by atoms with Gasteiger partial charge in [0, 0.05) is 17.5 Å². The van der Waals surface area contributed by atoms with E-state index in [0.29, 0.717) is 9.26 Å². The van der Waals surface area contributed by atoms with E-state index in [1.165, 1.54) is 12.3 Å². The Balaban J connectivity index is 2.28. The molecule has 1 aromatic heterocycles. The van der Waals surface area contributed by atoms with Gasteiger partial charge in [-0.3, -0.25) is 4.79 Å². The number of halogens is 1. The van der Waals surface area contributed by atoms with Crippen LogP contribution in [0.1, 0.15) is 26.4 Å². The molecular weight excluding hydrogens is 375 g/mol. The lowest BCUT2D eigenvalue weighted by Crippen LogP contribution is -2.14. The Hall–Kier alpha value is -2.03. The molecule has 2 rings (SSSR count). The molecule has 0 atom stereocenters. The molecule has 0 fully saturated rings. The number of hydrogen-bond donors (Lipinski definition) is 4. The number of H-pyrrole nitrogens is 1. The van der Waals surface area contributed by atoms with Crippen molar-refractivity contribution in [3.05, 3.63) is 44.8 Å². The normalized spacial score (nSPS) is 10.3. The maximum Gasteiger partial charge on any atom is 0.339 e. The van der Waals surface area contributed by atoms with E-state index in [1.807, 2.05) is 22.6 Å². The van der Waals surface area contributed by atoms with Gasteiger partial charge >= 0.3 is 5.97 Å². The number of carbonyl (C=O) groups excluding carboxylic acids is 1. The molecule has 0 radical (unpaired) electrons. The van der Waals surface area contributed by atoms with Gasteiger partial charge in [0.2, 0.25) is 0 Å². The lowest BCUT2D eigenvalue weighted by molar-refractivity contribution is 0.0697. The van der Waals surface area contributed by atoms with Crippen molar-refractivity contribution in [3.8, 4) is 5.75 Å². The average Bonchev–Trinajstić information content (AvgIpc) is 2.73. The van der Waals surface area contributed by atoms with Crippen molar-refractivity contribution < 1.29 is 19.8 Å². The molecule has 104 valence electrons. The summed E-state index contributed by atoms with van der Waals surface area (Å²) in [5, 5.41) is 21.2. The zero-order valence-electron chi connectivity index (χ0n) is 10.4. The number of anilines is 1. The largest absolute Gasteiger partial charge is 0.507 e. The first-order valence-corrected chi connectivity index (χ1v) is 6.69. The molecule has 2 aromatic rings. The third-order valence-electron chi connectivity index (χ3n) is 2.75. The number of amides is 1. The number of rotatable bonds is 3. The standard InChI is InChI=1S/C13H11IN2O4/c1-6-11(13(19)20)9(5-15-6)16-12(18)7-2-3-8(14)10(17)4-7/h2-5,15,17H,1H3,(H,16,18)(H,19,20). The monoisotopic (exact) mass is 386 g/mol. The number of carbonyl (C=O) groups is 2. The lowest BCUT2D eigenvalue weighted by Gasteiger charge is -2.06. The highest BCUT2D eigenvalue weighted by Gasteiger charge is 2.18. The minimum Gasteiger partial charge on any atom is -0.507 e. The molecular formula is C13H11IN2O4. The molecule has 20 heavy (non-hydrogen) atoms. The van der Waals surface area contributed by atoms with E-state index in [4.69, 9.17) is 5.11 Å². The first kappa shape index (κ1) is 14.4. The summed E-state index contributed by atoms with van der Waals surface area (Å²) in [6, 6.07) is 4.49. The molecule has 6 nitrogen and oxygen atoms in total. The van der Waals surface area contributed by atoms with Crippen LogP contribution in [0.15, 0.2) is 24.4 Å². The van der Waals surface area contributed by atoms with Crippen LogP contribution in [0, 0.1) is 10.5 Å². The van der Waals surface area contributed by atoms with Crippen molar-refractivity contribution in [1.82, 2.24) is 4.98 Å². The molecule has 0 spiro atoms. The van der Waals surface area contributed by atoms with Gasteiger partial charge in [0.25, 0.3) is 5.91 Å². The highest BCUT2D eigenvalue weighted by molar-refractivity contribution is 14.1. The molecule has 7 heteroatoms. The van der Waals surface area contributed by atoms with Crippen LogP contribution in [0.4, 0.5) is 5.69 Å². The highest BCUT2D eigenvalue weighted by atomic mass is 127. The fourth-order valence-corrected chi connectivity index (χ4v) is 2.08. The van der Waals surface area contributed by atoms with Gasteiger partial charge in [-0.1, -0.05) is 0 Å². The van der Waals surface area contributed by atoms with Gasteiger partial charge in [0.05, 0.1) is 9.26 Å². The molecule has 0 unspecified atom stereocenters. The van der Waals surface area contributed by atoms with Crippen molar-refractivity contribution in [1.29, 1.82) is 0 Å². The number of carboxylic acids is 1. The fourth-order valence-electron chi connectivity index (χ4n) is 1.75. The van der Waals surface area contributed by atoms with E-state index in [2.05, 4.69) is 10.3 Å².